The molecule has 2 heterocycles. The minimum absolute atomic E-state index is 0.281. The van der Waals surface area contributed by atoms with Crippen LogP contribution in [-0.4, -0.2) is 31.4 Å². The highest BCUT2D eigenvalue weighted by Crippen LogP contribution is 2.20. The Morgan fingerprint density at radius 3 is 3.00 bits per heavy atom. The van der Waals surface area contributed by atoms with Crippen molar-refractivity contribution < 1.29 is 9.47 Å². The molecule has 0 amide bonds. The molecule has 0 bridgehead atoms. The van der Waals surface area contributed by atoms with Crippen LogP contribution < -0.4 is 5.32 Å². The molecule has 1 N–H and O–H groups in total. The van der Waals surface area contributed by atoms with E-state index in [9.17, 15) is 0 Å². The second-order valence-electron chi connectivity index (χ2n) is 5.11. The lowest BCUT2D eigenvalue weighted by Crippen LogP contribution is -2.32. The normalized spacial score (nSPS) is 23.9. The van der Waals surface area contributed by atoms with E-state index >= 15 is 0 Å². The van der Waals surface area contributed by atoms with E-state index in [2.05, 4.69) is 36.7 Å². The predicted molar refractivity (Wildman–Crippen MR) is 75.0 cm³/mol. The van der Waals surface area contributed by atoms with Gasteiger partial charge in [0.05, 0.1) is 25.4 Å². The van der Waals surface area contributed by atoms with Gasteiger partial charge in [-0.15, -0.1) is 11.3 Å². The molecule has 0 aromatic carbocycles. The molecule has 0 spiro atoms. The highest BCUT2D eigenvalue weighted by molar-refractivity contribution is 7.09. The highest BCUT2D eigenvalue weighted by atomic mass is 32.1. The molecule has 0 aliphatic carbocycles. The Bertz CT molecular complexity index is 327. The second kappa shape index (κ2) is 7.24. The van der Waals surface area contributed by atoms with Crippen molar-refractivity contribution in [2.24, 2.45) is 0 Å². The topological polar surface area (TPSA) is 30.5 Å². The molecule has 102 valence electrons. The smallest absolute Gasteiger partial charge is 0.0814 e. The molecule has 1 fully saturated rings. The molecule has 4 heteroatoms. The third-order valence-electron chi connectivity index (χ3n) is 3.08. The van der Waals surface area contributed by atoms with Gasteiger partial charge in [0, 0.05) is 17.5 Å². The lowest BCUT2D eigenvalue weighted by molar-refractivity contribution is -0.0189. The van der Waals surface area contributed by atoms with Crippen LogP contribution in [0.2, 0.25) is 0 Å². The van der Waals surface area contributed by atoms with E-state index in [0.29, 0.717) is 18.8 Å². The van der Waals surface area contributed by atoms with Crippen LogP contribution in [0.4, 0.5) is 0 Å². The third-order valence-corrected chi connectivity index (χ3v) is 3.93. The predicted octanol–water partition coefficient (Wildman–Crippen LogP) is 2.81. The quantitative estimate of drug-likeness (QED) is 0.825. The fourth-order valence-electron chi connectivity index (χ4n) is 2.11. The van der Waals surface area contributed by atoms with E-state index in [4.69, 9.17) is 9.47 Å². The maximum atomic E-state index is 5.95. The van der Waals surface area contributed by atoms with Crippen molar-refractivity contribution in [3.05, 3.63) is 22.4 Å². The molecule has 1 aliphatic rings. The summed E-state index contributed by atoms with van der Waals surface area (Å²) in [7, 11) is 0. The van der Waals surface area contributed by atoms with Gasteiger partial charge in [-0.05, 0) is 24.3 Å². The lowest BCUT2D eigenvalue weighted by Gasteiger charge is -2.16. The van der Waals surface area contributed by atoms with Gasteiger partial charge in [-0.25, -0.2) is 0 Å². The van der Waals surface area contributed by atoms with Gasteiger partial charge in [-0.2, -0.15) is 0 Å². The summed E-state index contributed by atoms with van der Waals surface area (Å²) in [5.41, 5.74) is 0. The Balaban J connectivity index is 1.58. The molecule has 0 radical (unpaired) electrons. The summed E-state index contributed by atoms with van der Waals surface area (Å²) in [6.07, 6.45) is 2.91. The summed E-state index contributed by atoms with van der Waals surface area (Å²) in [5, 5.41) is 5.50. The zero-order valence-corrected chi connectivity index (χ0v) is 12.0. The molecule has 0 saturated carbocycles. The zero-order chi connectivity index (χ0) is 12.8. The number of hydrogen-bond donors (Lipinski definition) is 1. The third kappa shape index (κ3) is 4.69. The maximum Gasteiger partial charge on any atom is 0.0814 e. The Morgan fingerprint density at radius 1 is 1.44 bits per heavy atom. The minimum Gasteiger partial charge on any atom is -0.373 e. The lowest BCUT2D eigenvalue weighted by atomic mass is 10.2. The summed E-state index contributed by atoms with van der Waals surface area (Å²) in [4.78, 5) is 1.28. The fourth-order valence-corrected chi connectivity index (χ4v) is 2.75. The van der Waals surface area contributed by atoms with Crippen molar-refractivity contribution in [1.82, 2.24) is 5.32 Å². The molecule has 3 nitrogen and oxygen atoms in total. The van der Waals surface area contributed by atoms with E-state index in [0.717, 1.165) is 26.0 Å². The summed E-state index contributed by atoms with van der Waals surface area (Å²) in [6, 6.07) is 4.70. The molecule has 1 aliphatic heterocycles. The van der Waals surface area contributed by atoms with Gasteiger partial charge in [0.25, 0.3) is 0 Å². The van der Waals surface area contributed by atoms with Gasteiger partial charge in [-0.3, -0.25) is 0 Å². The second-order valence-corrected chi connectivity index (χ2v) is 6.15. The summed E-state index contributed by atoms with van der Waals surface area (Å²) in [5.74, 6) is 0. The Labute approximate surface area is 113 Å². The standard InChI is InChI=1S/C14H23NO2S/c1-11(2)15-8-12-5-6-13(17-12)9-16-10-14-4-3-7-18-14/h3-4,7,11-13,15H,5-6,8-10H2,1-2H3. The maximum absolute atomic E-state index is 5.95. The van der Waals surface area contributed by atoms with E-state index in [1.54, 1.807) is 11.3 Å². The van der Waals surface area contributed by atoms with Crippen molar-refractivity contribution in [3.63, 3.8) is 0 Å². The van der Waals surface area contributed by atoms with Gasteiger partial charge in [0.2, 0.25) is 0 Å². The molecular weight excluding hydrogens is 246 g/mol. The van der Waals surface area contributed by atoms with E-state index in [-0.39, 0.29) is 6.10 Å². The van der Waals surface area contributed by atoms with Crippen LogP contribution in [0.1, 0.15) is 31.6 Å². The first-order valence-electron chi connectivity index (χ1n) is 6.73. The van der Waals surface area contributed by atoms with Gasteiger partial charge in [0.15, 0.2) is 0 Å². The van der Waals surface area contributed by atoms with Crippen molar-refractivity contribution in [2.75, 3.05) is 13.2 Å². The van der Waals surface area contributed by atoms with Crippen LogP contribution in [0.3, 0.4) is 0 Å². The van der Waals surface area contributed by atoms with Crippen LogP contribution in [0.15, 0.2) is 17.5 Å². The van der Waals surface area contributed by atoms with Gasteiger partial charge in [0.1, 0.15) is 0 Å². The first kappa shape index (κ1) is 14.0. The largest absolute Gasteiger partial charge is 0.373 e. The number of thiophene rings is 1. The van der Waals surface area contributed by atoms with E-state index < -0.39 is 0 Å². The van der Waals surface area contributed by atoms with E-state index in [1.807, 2.05) is 0 Å². The summed E-state index contributed by atoms with van der Waals surface area (Å²) in [6.45, 7) is 6.72. The molecule has 18 heavy (non-hydrogen) atoms. The van der Waals surface area contributed by atoms with Crippen LogP contribution >= 0.6 is 11.3 Å². The number of nitrogens with one attached hydrogen (secondary N) is 1. The number of rotatable bonds is 7. The van der Waals surface area contributed by atoms with Crippen LogP contribution in [0.5, 0.6) is 0 Å². The van der Waals surface area contributed by atoms with Crippen LogP contribution in [-0.2, 0) is 16.1 Å². The molecule has 1 aromatic heterocycles. The summed E-state index contributed by atoms with van der Waals surface area (Å²) >= 11 is 1.74. The van der Waals surface area contributed by atoms with Crippen molar-refractivity contribution in [3.8, 4) is 0 Å². The Hall–Kier alpha value is -0.420. The fraction of sp³-hybridized carbons (Fsp3) is 0.714. The van der Waals surface area contributed by atoms with Crippen LogP contribution in [0, 0.1) is 0 Å². The molecule has 1 saturated heterocycles. The molecule has 2 rings (SSSR count). The van der Waals surface area contributed by atoms with E-state index in [1.165, 1.54) is 4.88 Å². The average Bonchev–Trinajstić information content (AvgIpc) is 2.97. The van der Waals surface area contributed by atoms with Crippen molar-refractivity contribution in [2.45, 2.75) is 51.5 Å². The highest BCUT2D eigenvalue weighted by Gasteiger charge is 2.25. The van der Waals surface area contributed by atoms with Gasteiger partial charge in [-0.1, -0.05) is 19.9 Å². The molecule has 1 aromatic rings. The minimum atomic E-state index is 0.281. The zero-order valence-electron chi connectivity index (χ0n) is 11.2. The first-order chi connectivity index (χ1) is 8.74. The molecular formula is C14H23NO2S. The van der Waals surface area contributed by atoms with Crippen molar-refractivity contribution >= 4 is 11.3 Å². The average molecular weight is 269 g/mol. The number of hydrogen-bond acceptors (Lipinski definition) is 4. The monoisotopic (exact) mass is 269 g/mol. The number of ether oxygens (including phenoxy) is 2. The SMILES string of the molecule is CC(C)NCC1CCC(COCc2cccs2)O1. The van der Waals surface area contributed by atoms with Crippen molar-refractivity contribution in [1.29, 1.82) is 0 Å². The Kier molecular flexibility index (Phi) is 5.63. The first-order valence-corrected chi connectivity index (χ1v) is 7.61. The Morgan fingerprint density at radius 2 is 2.28 bits per heavy atom. The van der Waals surface area contributed by atoms with Gasteiger partial charge >= 0.3 is 0 Å². The van der Waals surface area contributed by atoms with Gasteiger partial charge < -0.3 is 14.8 Å². The summed E-state index contributed by atoms with van der Waals surface area (Å²) < 4.78 is 11.6. The molecule has 2 unspecified atom stereocenters. The molecule has 2 atom stereocenters. The van der Waals surface area contributed by atoms with Crippen LogP contribution in [0.25, 0.3) is 0 Å².